The molecule has 0 atom stereocenters. The van der Waals surface area contributed by atoms with Gasteiger partial charge >= 0.3 is 0 Å². The molecule has 0 bridgehead atoms. The van der Waals surface area contributed by atoms with Crippen molar-refractivity contribution in [3.63, 3.8) is 0 Å². The molecule has 148 valence electrons. The van der Waals surface area contributed by atoms with Crippen molar-refractivity contribution in [1.29, 1.82) is 0 Å². The Morgan fingerprint density at radius 1 is 1.14 bits per heavy atom. The number of nitrogens with zero attached hydrogens (tertiary/aromatic N) is 2. The highest BCUT2D eigenvalue weighted by atomic mass is 19.1. The van der Waals surface area contributed by atoms with E-state index in [-0.39, 0.29) is 11.4 Å². The maximum Gasteiger partial charge on any atom is 0.154 e. The lowest BCUT2D eigenvalue weighted by Gasteiger charge is -2.33. The molecule has 0 radical (unpaired) electrons. The first kappa shape index (κ1) is 18.0. The highest BCUT2D eigenvalue weighted by Crippen LogP contribution is 2.50. The Kier molecular flexibility index (Phi) is 4.38. The summed E-state index contributed by atoms with van der Waals surface area (Å²) < 4.78 is 19.6. The molecule has 1 saturated carbocycles. The summed E-state index contributed by atoms with van der Waals surface area (Å²) >= 11 is 0. The fourth-order valence-electron chi connectivity index (χ4n) is 4.05. The molecule has 2 aliphatic rings. The van der Waals surface area contributed by atoms with Crippen molar-refractivity contribution in [3.05, 3.63) is 83.3 Å². The Hall–Kier alpha value is -3.08. The Morgan fingerprint density at radius 3 is 2.72 bits per heavy atom. The van der Waals surface area contributed by atoms with E-state index in [2.05, 4.69) is 46.4 Å². The molecule has 0 spiro atoms. The van der Waals surface area contributed by atoms with Crippen LogP contribution >= 0.6 is 0 Å². The lowest BCUT2D eigenvalue weighted by molar-refractivity contribution is 0.306. The Balaban J connectivity index is 1.47. The summed E-state index contributed by atoms with van der Waals surface area (Å²) in [7, 11) is 0. The molecule has 2 aromatic carbocycles. The molecular weight excluding hydrogens is 365 g/mol. The van der Waals surface area contributed by atoms with Gasteiger partial charge in [-0.15, -0.1) is 0 Å². The van der Waals surface area contributed by atoms with Crippen LogP contribution in [0.25, 0.3) is 0 Å². The van der Waals surface area contributed by atoms with E-state index in [1.165, 1.54) is 17.2 Å². The number of nitrogens with one attached hydrogen (secondary N) is 1. The number of pyridine rings is 1. The van der Waals surface area contributed by atoms with Crippen LogP contribution in [0.15, 0.2) is 60.8 Å². The third-order valence-electron chi connectivity index (χ3n) is 5.80. The molecule has 0 saturated heterocycles. The Morgan fingerprint density at radius 2 is 1.97 bits per heavy atom. The number of hydrogen-bond donors (Lipinski definition) is 1. The monoisotopic (exact) mass is 389 g/mol. The van der Waals surface area contributed by atoms with E-state index < -0.39 is 0 Å². The van der Waals surface area contributed by atoms with Crippen molar-refractivity contribution in [2.45, 2.75) is 31.8 Å². The zero-order valence-electron chi connectivity index (χ0n) is 16.5. The van der Waals surface area contributed by atoms with Gasteiger partial charge in [0.15, 0.2) is 5.82 Å². The fourth-order valence-corrected chi connectivity index (χ4v) is 4.05. The topological polar surface area (TPSA) is 37.4 Å². The molecule has 4 nitrogen and oxygen atoms in total. The van der Waals surface area contributed by atoms with E-state index in [1.54, 1.807) is 18.3 Å². The number of ether oxygens (including phenoxy) is 1. The first-order chi connectivity index (χ1) is 14.1. The van der Waals surface area contributed by atoms with Gasteiger partial charge in [0.25, 0.3) is 0 Å². The van der Waals surface area contributed by atoms with Gasteiger partial charge in [0.05, 0.1) is 12.1 Å². The summed E-state index contributed by atoms with van der Waals surface area (Å²) in [4.78, 5) is 6.89. The Bertz CT molecular complexity index is 1030. The molecule has 29 heavy (non-hydrogen) atoms. The lowest BCUT2D eigenvalue weighted by Crippen LogP contribution is -2.34. The van der Waals surface area contributed by atoms with Crippen molar-refractivity contribution in [3.8, 4) is 5.75 Å². The van der Waals surface area contributed by atoms with Crippen LogP contribution < -0.4 is 15.0 Å². The van der Waals surface area contributed by atoms with E-state index in [0.29, 0.717) is 13.2 Å². The number of benzene rings is 2. The Labute approximate surface area is 170 Å². The first-order valence-corrected chi connectivity index (χ1v) is 10.1. The number of anilines is 2. The average Bonchev–Trinajstić information content (AvgIpc) is 3.49. The predicted octanol–water partition coefficient (Wildman–Crippen LogP) is 5.03. The molecule has 1 fully saturated rings. The van der Waals surface area contributed by atoms with Crippen LogP contribution in [0.3, 0.4) is 0 Å². The summed E-state index contributed by atoms with van der Waals surface area (Å²) in [6, 6.07) is 17.4. The summed E-state index contributed by atoms with van der Waals surface area (Å²) in [6.07, 6.45) is 3.94. The highest BCUT2D eigenvalue weighted by molar-refractivity contribution is 5.75. The molecule has 5 rings (SSSR count). The second kappa shape index (κ2) is 7.07. The van der Waals surface area contributed by atoms with Gasteiger partial charge < -0.3 is 15.0 Å². The molecule has 3 aromatic rings. The van der Waals surface area contributed by atoms with Crippen molar-refractivity contribution >= 4 is 11.5 Å². The van der Waals surface area contributed by atoms with Crippen LogP contribution in [-0.2, 0) is 12.1 Å². The normalized spacial score (nSPS) is 16.7. The van der Waals surface area contributed by atoms with E-state index in [1.807, 2.05) is 12.1 Å². The number of aromatic nitrogens is 1. The zero-order valence-corrected chi connectivity index (χ0v) is 16.5. The van der Waals surface area contributed by atoms with Gasteiger partial charge in [-0.2, -0.15) is 0 Å². The first-order valence-electron chi connectivity index (χ1n) is 10.1. The largest absolute Gasteiger partial charge is 0.489 e. The molecule has 1 aliphatic heterocycles. The molecule has 0 unspecified atom stereocenters. The minimum atomic E-state index is -0.211. The van der Waals surface area contributed by atoms with Gasteiger partial charge in [-0.25, -0.2) is 9.37 Å². The van der Waals surface area contributed by atoms with Gasteiger partial charge in [0.1, 0.15) is 23.9 Å². The minimum absolute atomic E-state index is 0.0716. The second-order valence-electron chi connectivity index (χ2n) is 7.98. The molecule has 1 aromatic heterocycles. The number of halogens is 1. The number of rotatable bonds is 5. The molecular formula is C24H24FN3O. The summed E-state index contributed by atoms with van der Waals surface area (Å²) in [5.41, 5.74) is 4.37. The maximum atomic E-state index is 13.7. The molecule has 1 aliphatic carbocycles. The SMILES string of the molecule is Cc1ccc(C2(Nc3nccc4c3N(Cc3cccc(F)c3)CCO4)CC2)cc1. The van der Waals surface area contributed by atoms with Crippen molar-refractivity contribution in [2.24, 2.45) is 0 Å². The fraction of sp³-hybridized carbons (Fsp3) is 0.292. The molecule has 1 N–H and O–H groups in total. The van der Waals surface area contributed by atoms with Crippen molar-refractivity contribution in [2.75, 3.05) is 23.4 Å². The third kappa shape index (κ3) is 3.53. The predicted molar refractivity (Wildman–Crippen MR) is 113 cm³/mol. The van der Waals surface area contributed by atoms with Gasteiger partial charge in [-0.3, -0.25) is 0 Å². The van der Waals surface area contributed by atoms with Crippen LogP contribution in [0.2, 0.25) is 0 Å². The molecule has 2 heterocycles. The summed E-state index contributed by atoms with van der Waals surface area (Å²) in [5.74, 6) is 1.44. The average molecular weight is 389 g/mol. The van der Waals surface area contributed by atoms with Gasteiger partial charge in [0, 0.05) is 18.8 Å². The second-order valence-corrected chi connectivity index (χ2v) is 7.98. The number of hydrogen-bond acceptors (Lipinski definition) is 4. The standard InChI is InChI=1S/C24H24FN3O/c1-17-5-7-19(8-6-17)24(10-11-24)27-23-22-21(9-12-26-23)29-14-13-28(22)16-18-3-2-4-20(25)15-18/h2-9,12,15H,10-11,13-14,16H2,1H3,(H,26,27). The third-order valence-corrected chi connectivity index (χ3v) is 5.80. The van der Waals surface area contributed by atoms with Crippen molar-refractivity contribution < 1.29 is 9.13 Å². The van der Waals surface area contributed by atoms with Crippen molar-refractivity contribution in [1.82, 2.24) is 4.98 Å². The van der Waals surface area contributed by atoms with Crippen LogP contribution in [0.5, 0.6) is 5.75 Å². The molecule has 0 amide bonds. The van der Waals surface area contributed by atoms with Crippen LogP contribution in [0.1, 0.15) is 29.5 Å². The van der Waals surface area contributed by atoms with E-state index in [0.717, 1.165) is 42.2 Å². The number of aryl methyl sites for hydroxylation is 1. The summed E-state index contributed by atoms with van der Waals surface area (Å²) in [6.45, 7) is 4.07. The lowest BCUT2D eigenvalue weighted by atomic mass is 10.0. The van der Waals surface area contributed by atoms with Gasteiger partial charge in [-0.05, 0) is 43.0 Å². The quantitative estimate of drug-likeness (QED) is 0.664. The van der Waals surface area contributed by atoms with Gasteiger partial charge in [0.2, 0.25) is 0 Å². The minimum Gasteiger partial charge on any atom is -0.489 e. The highest BCUT2D eigenvalue weighted by Gasteiger charge is 2.45. The maximum absolute atomic E-state index is 13.7. The number of fused-ring (bicyclic) bond motifs is 1. The van der Waals surface area contributed by atoms with Crippen LogP contribution in [-0.4, -0.2) is 18.1 Å². The summed E-state index contributed by atoms with van der Waals surface area (Å²) in [5, 5.41) is 3.71. The zero-order chi connectivity index (χ0) is 19.8. The van der Waals surface area contributed by atoms with Crippen LogP contribution in [0, 0.1) is 12.7 Å². The van der Waals surface area contributed by atoms with Gasteiger partial charge in [-0.1, -0.05) is 42.0 Å². The van der Waals surface area contributed by atoms with Crippen LogP contribution in [0.4, 0.5) is 15.9 Å². The molecule has 5 heteroatoms. The van der Waals surface area contributed by atoms with E-state index in [4.69, 9.17) is 4.74 Å². The van der Waals surface area contributed by atoms with E-state index in [9.17, 15) is 4.39 Å². The van der Waals surface area contributed by atoms with E-state index >= 15 is 0 Å². The smallest absolute Gasteiger partial charge is 0.154 e.